The van der Waals surface area contributed by atoms with E-state index in [-0.39, 0.29) is 5.91 Å². The summed E-state index contributed by atoms with van der Waals surface area (Å²) in [5, 5.41) is 5.00. The van der Waals surface area contributed by atoms with Gasteiger partial charge in [0.15, 0.2) is 0 Å². The van der Waals surface area contributed by atoms with Crippen LogP contribution < -0.4 is 15.8 Å². The van der Waals surface area contributed by atoms with Crippen LogP contribution in [0, 0.1) is 0 Å². The van der Waals surface area contributed by atoms with E-state index in [1.165, 1.54) is 18.4 Å². The molecular formula is C12H11ClN2O2S. The maximum absolute atomic E-state index is 11.9. The van der Waals surface area contributed by atoms with E-state index in [0.29, 0.717) is 27.0 Å². The summed E-state index contributed by atoms with van der Waals surface area (Å²) in [5.41, 5.74) is 6.76. The van der Waals surface area contributed by atoms with Gasteiger partial charge in [-0.2, -0.15) is 0 Å². The average molecular weight is 283 g/mol. The van der Waals surface area contributed by atoms with E-state index >= 15 is 0 Å². The molecule has 0 aliphatic rings. The lowest BCUT2D eigenvalue weighted by atomic mass is 10.3. The lowest BCUT2D eigenvalue weighted by Crippen LogP contribution is -2.11. The number of benzene rings is 1. The highest BCUT2D eigenvalue weighted by Crippen LogP contribution is 2.28. The summed E-state index contributed by atoms with van der Waals surface area (Å²) in [6.07, 6.45) is 0. The number of thiophene rings is 1. The van der Waals surface area contributed by atoms with Gasteiger partial charge >= 0.3 is 0 Å². The molecule has 0 unspecified atom stereocenters. The second-order valence-electron chi connectivity index (χ2n) is 3.51. The molecule has 0 spiro atoms. The molecule has 0 fully saturated rings. The lowest BCUT2D eigenvalue weighted by Gasteiger charge is -2.08. The van der Waals surface area contributed by atoms with Gasteiger partial charge in [0.25, 0.3) is 5.91 Å². The third-order valence-corrected chi connectivity index (χ3v) is 3.55. The Morgan fingerprint density at radius 1 is 1.44 bits per heavy atom. The van der Waals surface area contributed by atoms with Crippen molar-refractivity contribution in [2.45, 2.75) is 0 Å². The molecule has 1 heterocycles. The number of halogens is 1. The maximum atomic E-state index is 11.9. The molecule has 2 aromatic rings. The van der Waals surface area contributed by atoms with Gasteiger partial charge in [-0.25, -0.2) is 0 Å². The Balaban J connectivity index is 2.20. The number of amides is 1. The first-order valence-electron chi connectivity index (χ1n) is 5.09. The summed E-state index contributed by atoms with van der Waals surface area (Å²) in [4.78, 5) is 12.4. The number of nitrogens with one attached hydrogen (secondary N) is 1. The van der Waals surface area contributed by atoms with Gasteiger partial charge < -0.3 is 15.8 Å². The van der Waals surface area contributed by atoms with Gasteiger partial charge in [-0.1, -0.05) is 11.6 Å². The Labute approximate surface area is 113 Å². The quantitative estimate of drug-likeness (QED) is 0.908. The minimum Gasteiger partial charge on any atom is -0.495 e. The summed E-state index contributed by atoms with van der Waals surface area (Å²) >= 11 is 7.20. The largest absolute Gasteiger partial charge is 0.495 e. The standard InChI is InChI=1S/C12H11ClN2O2S/c1-17-10-6-7(2-3-8(10)13)15-12(16)11-9(14)4-5-18-11/h2-6H,14H2,1H3,(H,15,16). The van der Waals surface area contributed by atoms with Gasteiger partial charge in [-0.15, -0.1) is 11.3 Å². The molecule has 1 aromatic carbocycles. The Kier molecular flexibility index (Phi) is 3.74. The summed E-state index contributed by atoms with van der Waals surface area (Å²) in [6.45, 7) is 0. The zero-order chi connectivity index (χ0) is 13.1. The molecule has 0 radical (unpaired) electrons. The van der Waals surface area contributed by atoms with Crippen molar-refractivity contribution in [2.75, 3.05) is 18.2 Å². The third-order valence-electron chi connectivity index (χ3n) is 2.31. The highest BCUT2D eigenvalue weighted by Gasteiger charge is 2.12. The Morgan fingerprint density at radius 2 is 2.22 bits per heavy atom. The van der Waals surface area contributed by atoms with Gasteiger partial charge in [0.05, 0.1) is 17.8 Å². The van der Waals surface area contributed by atoms with Crippen LogP contribution in [0.25, 0.3) is 0 Å². The van der Waals surface area contributed by atoms with E-state index in [2.05, 4.69) is 5.32 Å². The van der Waals surface area contributed by atoms with E-state index in [4.69, 9.17) is 22.1 Å². The molecule has 0 atom stereocenters. The maximum Gasteiger partial charge on any atom is 0.267 e. The molecule has 0 aliphatic carbocycles. The number of nitrogen functional groups attached to an aromatic ring is 1. The molecule has 1 amide bonds. The smallest absolute Gasteiger partial charge is 0.267 e. The molecule has 3 N–H and O–H groups in total. The zero-order valence-corrected chi connectivity index (χ0v) is 11.1. The minimum atomic E-state index is -0.244. The molecule has 6 heteroatoms. The first-order valence-corrected chi connectivity index (χ1v) is 6.35. The lowest BCUT2D eigenvalue weighted by molar-refractivity contribution is 0.103. The third kappa shape index (κ3) is 2.57. The molecule has 2 rings (SSSR count). The fraction of sp³-hybridized carbons (Fsp3) is 0.0833. The number of nitrogens with two attached hydrogens (primary N) is 1. The number of rotatable bonds is 3. The number of methoxy groups -OCH3 is 1. The van der Waals surface area contributed by atoms with Crippen molar-refractivity contribution in [3.8, 4) is 5.75 Å². The van der Waals surface area contributed by atoms with Crippen molar-refractivity contribution >= 4 is 40.2 Å². The Morgan fingerprint density at radius 3 is 2.83 bits per heavy atom. The van der Waals surface area contributed by atoms with Crippen molar-refractivity contribution in [3.63, 3.8) is 0 Å². The fourth-order valence-corrected chi connectivity index (χ4v) is 2.34. The van der Waals surface area contributed by atoms with Crippen LogP contribution in [0.3, 0.4) is 0 Å². The summed E-state index contributed by atoms with van der Waals surface area (Å²) in [6, 6.07) is 6.71. The normalized spacial score (nSPS) is 10.1. The van der Waals surface area contributed by atoms with Gasteiger partial charge in [0, 0.05) is 11.8 Å². The zero-order valence-electron chi connectivity index (χ0n) is 9.57. The van der Waals surface area contributed by atoms with E-state index in [9.17, 15) is 4.79 Å². The van der Waals surface area contributed by atoms with Crippen molar-refractivity contribution in [1.29, 1.82) is 0 Å². The van der Waals surface area contributed by atoms with Crippen molar-refractivity contribution in [2.24, 2.45) is 0 Å². The van der Waals surface area contributed by atoms with Crippen LogP contribution in [0.2, 0.25) is 5.02 Å². The van der Waals surface area contributed by atoms with Crippen LogP contribution in [0.4, 0.5) is 11.4 Å². The molecule has 0 bridgehead atoms. The van der Waals surface area contributed by atoms with Crippen LogP contribution >= 0.6 is 22.9 Å². The Bertz CT molecular complexity index is 583. The predicted molar refractivity (Wildman–Crippen MR) is 74.7 cm³/mol. The van der Waals surface area contributed by atoms with Crippen LogP contribution in [0.1, 0.15) is 9.67 Å². The van der Waals surface area contributed by atoms with Crippen molar-refractivity contribution in [3.05, 3.63) is 39.5 Å². The number of anilines is 2. The first kappa shape index (κ1) is 12.7. The SMILES string of the molecule is COc1cc(NC(=O)c2sccc2N)ccc1Cl. The summed E-state index contributed by atoms with van der Waals surface area (Å²) in [5.74, 6) is 0.264. The monoisotopic (exact) mass is 282 g/mol. The van der Waals surface area contributed by atoms with Crippen LogP contribution in [0.5, 0.6) is 5.75 Å². The highest BCUT2D eigenvalue weighted by atomic mass is 35.5. The molecule has 1 aromatic heterocycles. The average Bonchev–Trinajstić information content (AvgIpc) is 2.78. The van der Waals surface area contributed by atoms with Gasteiger partial charge in [-0.3, -0.25) is 4.79 Å². The van der Waals surface area contributed by atoms with Gasteiger partial charge in [-0.05, 0) is 23.6 Å². The second-order valence-corrected chi connectivity index (χ2v) is 4.83. The molecule has 0 saturated heterocycles. The number of hydrogen-bond acceptors (Lipinski definition) is 4. The summed E-state index contributed by atoms with van der Waals surface area (Å²) in [7, 11) is 1.52. The van der Waals surface area contributed by atoms with E-state index < -0.39 is 0 Å². The minimum absolute atomic E-state index is 0.244. The highest BCUT2D eigenvalue weighted by molar-refractivity contribution is 7.12. The number of hydrogen-bond donors (Lipinski definition) is 2. The molecule has 18 heavy (non-hydrogen) atoms. The first-order chi connectivity index (χ1) is 8.61. The Hall–Kier alpha value is -1.72. The summed E-state index contributed by atoms with van der Waals surface area (Å²) < 4.78 is 5.08. The van der Waals surface area contributed by atoms with Crippen molar-refractivity contribution < 1.29 is 9.53 Å². The molecule has 94 valence electrons. The number of carbonyl (C=O) groups is 1. The second kappa shape index (κ2) is 5.29. The van der Waals surface area contributed by atoms with Crippen molar-refractivity contribution in [1.82, 2.24) is 0 Å². The van der Waals surface area contributed by atoms with Crippen LogP contribution in [0.15, 0.2) is 29.6 Å². The molecule has 0 saturated carbocycles. The number of ether oxygens (including phenoxy) is 1. The van der Waals surface area contributed by atoms with Crippen LogP contribution in [-0.2, 0) is 0 Å². The predicted octanol–water partition coefficient (Wildman–Crippen LogP) is 3.24. The topological polar surface area (TPSA) is 64.3 Å². The molecule has 0 aliphatic heterocycles. The van der Waals surface area contributed by atoms with E-state index in [0.717, 1.165) is 0 Å². The van der Waals surface area contributed by atoms with E-state index in [1.807, 2.05) is 0 Å². The van der Waals surface area contributed by atoms with Gasteiger partial charge in [0.2, 0.25) is 0 Å². The van der Waals surface area contributed by atoms with Crippen LogP contribution in [-0.4, -0.2) is 13.0 Å². The van der Waals surface area contributed by atoms with E-state index in [1.54, 1.807) is 29.6 Å². The number of carbonyl (C=O) groups excluding carboxylic acids is 1. The molecule has 4 nitrogen and oxygen atoms in total. The molecular weight excluding hydrogens is 272 g/mol. The van der Waals surface area contributed by atoms with Gasteiger partial charge in [0.1, 0.15) is 10.6 Å². The fourth-order valence-electron chi connectivity index (χ4n) is 1.43.